The van der Waals surface area contributed by atoms with E-state index in [2.05, 4.69) is 0 Å². The Morgan fingerprint density at radius 3 is 2.00 bits per heavy atom. The van der Waals surface area contributed by atoms with Gasteiger partial charge in [0.2, 0.25) is 11.6 Å². The molecule has 0 amide bonds. The smallest absolute Gasteiger partial charge is 0.234 e. The van der Waals surface area contributed by atoms with Gasteiger partial charge in [-0.05, 0) is 42.5 Å². The molecule has 0 aromatic heterocycles. The number of aryl methyl sites for hydroxylation is 1. The van der Waals surface area contributed by atoms with Crippen LogP contribution in [0.3, 0.4) is 0 Å². The Hall–Kier alpha value is -1.87. The third kappa shape index (κ3) is 1.81. The quantitative estimate of drug-likeness (QED) is 0.583. The molecule has 3 rings (SSSR count). The van der Waals surface area contributed by atoms with Gasteiger partial charge in [0.05, 0.1) is 0 Å². The average molecular weight is 268 g/mol. The van der Waals surface area contributed by atoms with E-state index in [9.17, 15) is 9.59 Å². The molecule has 1 aliphatic carbocycles. The summed E-state index contributed by atoms with van der Waals surface area (Å²) >= 11 is 1.63. The number of carbonyl (C=O) groups is 2. The number of fused-ring (bicyclic) bond motifs is 3. The summed E-state index contributed by atoms with van der Waals surface area (Å²) in [5.41, 5.74) is 3.86. The molecule has 0 atom stereocenters. The minimum Gasteiger partial charge on any atom is -0.285 e. The van der Waals surface area contributed by atoms with Crippen molar-refractivity contribution >= 4 is 23.3 Å². The van der Waals surface area contributed by atoms with E-state index in [0.717, 1.165) is 21.6 Å². The zero-order valence-electron chi connectivity index (χ0n) is 10.7. The number of Topliss-reactive ketones (excluding diaryl/α,β-unsaturated/α-hetero) is 2. The topological polar surface area (TPSA) is 34.1 Å². The third-order valence-electron chi connectivity index (χ3n) is 3.39. The van der Waals surface area contributed by atoms with Crippen LogP contribution in [-0.2, 0) is 0 Å². The highest BCUT2D eigenvalue weighted by Gasteiger charge is 2.30. The van der Waals surface area contributed by atoms with Crippen LogP contribution >= 0.6 is 11.8 Å². The normalized spacial score (nSPS) is 13.2. The van der Waals surface area contributed by atoms with Gasteiger partial charge in [0.15, 0.2) is 0 Å². The predicted octanol–water partition coefficient (Wildman–Crippen LogP) is 3.76. The maximum absolute atomic E-state index is 12.1. The molecule has 0 bridgehead atoms. The second-order valence-corrected chi connectivity index (χ2v) is 5.50. The highest BCUT2D eigenvalue weighted by atomic mass is 32.2. The van der Waals surface area contributed by atoms with E-state index in [1.165, 1.54) is 0 Å². The molecule has 0 radical (unpaired) electrons. The zero-order chi connectivity index (χ0) is 13.6. The lowest BCUT2D eigenvalue weighted by atomic mass is 9.83. The van der Waals surface area contributed by atoms with Crippen LogP contribution in [0.4, 0.5) is 0 Å². The summed E-state index contributed by atoms with van der Waals surface area (Å²) in [5.74, 6) is -0.807. The van der Waals surface area contributed by atoms with Crippen LogP contribution in [0, 0.1) is 6.92 Å². The summed E-state index contributed by atoms with van der Waals surface area (Å²) in [7, 11) is 0. The molecule has 0 saturated heterocycles. The number of rotatable bonds is 1. The third-order valence-corrected chi connectivity index (χ3v) is 4.11. The lowest BCUT2D eigenvalue weighted by Gasteiger charge is -2.19. The van der Waals surface area contributed by atoms with E-state index in [1.54, 1.807) is 23.9 Å². The lowest BCUT2D eigenvalue weighted by molar-refractivity contribution is 0.0815. The van der Waals surface area contributed by atoms with E-state index in [-0.39, 0.29) is 0 Å². The molecule has 1 aliphatic rings. The van der Waals surface area contributed by atoms with E-state index in [1.807, 2.05) is 37.4 Å². The molecule has 2 aromatic carbocycles. The molecule has 0 heterocycles. The molecule has 0 aliphatic heterocycles. The van der Waals surface area contributed by atoms with Crippen LogP contribution in [0.15, 0.2) is 41.3 Å². The minimum atomic E-state index is -0.404. The fourth-order valence-corrected chi connectivity index (χ4v) is 2.83. The fraction of sp³-hybridized carbons (Fsp3) is 0.125. The van der Waals surface area contributed by atoms with Crippen molar-refractivity contribution in [3.05, 3.63) is 53.1 Å². The first-order valence-corrected chi connectivity index (χ1v) is 7.22. The van der Waals surface area contributed by atoms with Crippen LogP contribution < -0.4 is 0 Å². The molecule has 3 heteroatoms. The molecule has 0 spiro atoms. The first-order valence-electron chi connectivity index (χ1n) is 6.00. The summed E-state index contributed by atoms with van der Waals surface area (Å²) < 4.78 is 0. The van der Waals surface area contributed by atoms with Crippen molar-refractivity contribution in [1.29, 1.82) is 0 Å². The number of hydrogen-bond donors (Lipinski definition) is 0. The van der Waals surface area contributed by atoms with Gasteiger partial charge in [0.1, 0.15) is 0 Å². The summed E-state index contributed by atoms with van der Waals surface area (Å²) in [6, 6.07) is 11.2. The molecule has 0 unspecified atom stereocenters. The maximum Gasteiger partial charge on any atom is 0.234 e. The van der Waals surface area contributed by atoms with Gasteiger partial charge >= 0.3 is 0 Å². The van der Waals surface area contributed by atoms with Gasteiger partial charge in [-0.25, -0.2) is 0 Å². The fourth-order valence-electron chi connectivity index (χ4n) is 2.39. The average Bonchev–Trinajstić information content (AvgIpc) is 2.44. The molecular weight excluding hydrogens is 256 g/mol. The van der Waals surface area contributed by atoms with Crippen LogP contribution in [0.5, 0.6) is 0 Å². The maximum atomic E-state index is 12.1. The first kappa shape index (κ1) is 12.2. The number of thioether (sulfide) groups is 1. The molecule has 0 fully saturated rings. The number of ketones is 2. The summed E-state index contributed by atoms with van der Waals surface area (Å²) in [5, 5.41) is 0. The molecule has 0 N–H and O–H groups in total. The summed E-state index contributed by atoms with van der Waals surface area (Å²) in [4.78, 5) is 25.3. The Balaban J connectivity index is 2.35. The van der Waals surface area contributed by atoms with E-state index < -0.39 is 11.6 Å². The number of hydrogen-bond acceptors (Lipinski definition) is 3. The van der Waals surface area contributed by atoms with E-state index in [4.69, 9.17) is 0 Å². The van der Waals surface area contributed by atoms with Crippen molar-refractivity contribution in [2.24, 2.45) is 0 Å². The highest BCUT2D eigenvalue weighted by molar-refractivity contribution is 7.98. The van der Waals surface area contributed by atoms with Crippen molar-refractivity contribution in [2.75, 3.05) is 6.26 Å². The SMILES string of the molecule is CSc1ccc2c(c1)-c1cc(C)ccc1C(=O)C2=O. The van der Waals surface area contributed by atoms with Gasteiger partial charge in [0, 0.05) is 16.0 Å². The number of benzene rings is 2. The lowest BCUT2D eigenvalue weighted by Crippen LogP contribution is -2.21. The van der Waals surface area contributed by atoms with Gasteiger partial charge in [-0.3, -0.25) is 9.59 Å². The number of carbonyl (C=O) groups excluding carboxylic acids is 2. The Labute approximate surface area is 115 Å². The Morgan fingerprint density at radius 2 is 1.37 bits per heavy atom. The molecular formula is C16H12O2S. The van der Waals surface area contributed by atoms with Gasteiger partial charge in [-0.2, -0.15) is 0 Å². The molecule has 0 saturated carbocycles. The largest absolute Gasteiger partial charge is 0.285 e. The minimum absolute atomic E-state index is 0.403. The molecule has 2 nitrogen and oxygen atoms in total. The second-order valence-electron chi connectivity index (χ2n) is 4.62. The van der Waals surface area contributed by atoms with Gasteiger partial charge in [-0.1, -0.05) is 23.8 Å². The van der Waals surface area contributed by atoms with Gasteiger partial charge < -0.3 is 0 Å². The van der Waals surface area contributed by atoms with Crippen molar-refractivity contribution in [2.45, 2.75) is 11.8 Å². The Bertz CT molecular complexity index is 717. The first-order chi connectivity index (χ1) is 9.11. The second kappa shape index (κ2) is 4.35. The van der Waals surface area contributed by atoms with Crippen molar-refractivity contribution < 1.29 is 9.59 Å². The summed E-state index contributed by atoms with van der Waals surface area (Å²) in [6.07, 6.45) is 1.99. The standard InChI is InChI=1S/C16H12O2S/c1-9-3-5-11-13(7-9)14-8-10(19-2)4-6-12(14)16(18)15(11)17/h3-8H,1-2H3. The molecule has 94 valence electrons. The zero-order valence-corrected chi connectivity index (χ0v) is 11.5. The van der Waals surface area contributed by atoms with Crippen LogP contribution in [-0.4, -0.2) is 17.8 Å². The summed E-state index contributed by atoms with van der Waals surface area (Å²) in [6.45, 7) is 1.99. The van der Waals surface area contributed by atoms with Gasteiger partial charge in [0.25, 0.3) is 0 Å². The van der Waals surface area contributed by atoms with Crippen LogP contribution in [0.25, 0.3) is 11.1 Å². The van der Waals surface area contributed by atoms with E-state index >= 15 is 0 Å². The van der Waals surface area contributed by atoms with Crippen LogP contribution in [0.1, 0.15) is 26.3 Å². The van der Waals surface area contributed by atoms with Crippen molar-refractivity contribution in [3.8, 4) is 11.1 Å². The monoisotopic (exact) mass is 268 g/mol. The van der Waals surface area contributed by atoms with E-state index in [0.29, 0.717) is 11.1 Å². The van der Waals surface area contributed by atoms with Crippen molar-refractivity contribution in [1.82, 2.24) is 0 Å². The van der Waals surface area contributed by atoms with Crippen molar-refractivity contribution in [3.63, 3.8) is 0 Å². The Morgan fingerprint density at radius 1 is 0.789 bits per heavy atom. The molecule has 19 heavy (non-hydrogen) atoms. The highest BCUT2D eigenvalue weighted by Crippen LogP contribution is 2.36. The Kier molecular flexibility index (Phi) is 2.79. The molecule has 2 aromatic rings. The predicted molar refractivity (Wildman–Crippen MR) is 77.1 cm³/mol. The van der Waals surface area contributed by atoms with Crippen LogP contribution in [0.2, 0.25) is 0 Å². The van der Waals surface area contributed by atoms with Gasteiger partial charge in [-0.15, -0.1) is 11.8 Å².